The van der Waals surface area contributed by atoms with Crippen molar-refractivity contribution in [3.8, 4) is 0 Å². The molecule has 0 atom stereocenters. The molecule has 0 saturated carbocycles. The Hall–Kier alpha value is -0.570. The fourth-order valence-corrected chi connectivity index (χ4v) is 0.750. The number of aliphatic hydroxyl groups is 1. The molecule has 0 unspecified atom stereocenters. The van der Waals surface area contributed by atoms with Crippen molar-refractivity contribution in [2.75, 3.05) is 0 Å². The molecular weight excluding hydrogens is 144 g/mol. The predicted molar refractivity (Wildman–Crippen MR) is 44.5 cm³/mol. The van der Waals surface area contributed by atoms with Crippen LogP contribution in [0.1, 0.15) is 40.0 Å². The van der Waals surface area contributed by atoms with E-state index in [1.807, 2.05) is 20.8 Å². The molecule has 11 heavy (non-hydrogen) atoms. The lowest BCUT2D eigenvalue weighted by molar-refractivity contribution is -0.122. The highest BCUT2D eigenvalue weighted by Gasteiger charge is 2.17. The van der Waals surface area contributed by atoms with Gasteiger partial charge in [-0.2, -0.15) is 0 Å². The summed E-state index contributed by atoms with van der Waals surface area (Å²) < 4.78 is 0. The lowest BCUT2D eigenvalue weighted by Gasteiger charge is -2.22. The van der Waals surface area contributed by atoms with Crippen LogP contribution < -0.4 is 0 Å². The Labute approximate surface area is 68.0 Å². The zero-order valence-electron chi connectivity index (χ0n) is 7.50. The van der Waals surface area contributed by atoms with E-state index in [0.29, 0.717) is 0 Å². The fraction of sp³-hybridized carbons (Fsp3) is 0.875. The van der Waals surface area contributed by atoms with Crippen molar-refractivity contribution in [2.24, 2.45) is 0 Å². The van der Waals surface area contributed by atoms with E-state index in [4.69, 9.17) is 9.90 Å². The van der Waals surface area contributed by atoms with E-state index in [1.54, 1.807) is 0 Å². The minimum Gasteiger partial charge on any atom is -0.483 e. The highest BCUT2D eigenvalue weighted by atomic mass is 16.3. The lowest BCUT2D eigenvalue weighted by atomic mass is 9.95. The third-order valence-electron chi connectivity index (χ3n) is 1.97. The molecule has 0 saturated heterocycles. The number of carboxylic acid groups (broad SMARTS) is 1. The molecule has 0 bridgehead atoms. The largest absolute Gasteiger partial charge is 0.483 e. The van der Waals surface area contributed by atoms with Crippen molar-refractivity contribution in [3.63, 3.8) is 0 Å². The van der Waals surface area contributed by atoms with Crippen LogP contribution in [0.4, 0.5) is 0 Å². The summed E-state index contributed by atoms with van der Waals surface area (Å²) in [4.78, 5) is 8.36. The van der Waals surface area contributed by atoms with Crippen molar-refractivity contribution in [1.29, 1.82) is 0 Å². The monoisotopic (exact) mass is 162 g/mol. The molecule has 0 aliphatic rings. The zero-order chi connectivity index (χ0) is 9.33. The van der Waals surface area contributed by atoms with Gasteiger partial charge in [0.05, 0.1) is 5.60 Å². The van der Waals surface area contributed by atoms with Gasteiger partial charge in [-0.3, -0.25) is 4.79 Å². The molecule has 0 aliphatic heterocycles. The van der Waals surface area contributed by atoms with Crippen molar-refractivity contribution in [3.05, 3.63) is 0 Å². The van der Waals surface area contributed by atoms with E-state index in [1.165, 1.54) is 0 Å². The highest BCUT2D eigenvalue weighted by Crippen LogP contribution is 2.17. The standard InChI is InChI=1S/C7H16O.CH2O2/c1-4-7(8,5-2)6-3;2-1-3/h8H,4-6H2,1-3H3;1H,(H,2,3). The summed E-state index contributed by atoms with van der Waals surface area (Å²) in [5, 5.41) is 16.3. The molecule has 3 nitrogen and oxygen atoms in total. The second kappa shape index (κ2) is 7.54. The van der Waals surface area contributed by atoms with E-state index in [9.17, 15) is 5.11 Å². The molecule has 0 radical (unpaired) electrons. The van der Waals surface area contributed by atoms with Gasteiger partial charge in [0.25, 0.3) is 6.47 Å². The minimum atomic E-state index is -0.375. The topological polar surface area (TPSA) is 57.5 Å². The van der Waals surface area contributed by atoms with Gasteiger partial charge in [-0.15, -0.1) is 0 Å². The van der Waals surface area contributed by atoms with Gasteiger partial charge in [0, 0.05) is 0 Å². The Balaban J connectivity index is 0. The number of hydrogen-bond acceptors (Lipinski definition) is 2. The van der Waals surface area contributed by atoms with Gasteiger partial charge in [0.1, 0.15) is 0 Å². The summed E-state index contributed by atoms with van der Waals surface area (Å²) in [6.45, 7) is 5.81. The summed E-state index contributed by atoms with van der Waals surface area (Å²) in [7, 11) is 0. The summed E-state index contributed by atoms with van der Waals surface area (Å²) >= 11 is 0. The van der Waals surface area contributed by atoms with Crippen molar-refractivity contribution < 1.29 is 15.0 Å². The van der Waals surface area contributed by atoms with Gasteiger partial charge in [-0.25, -0.2) is 0 Å². The maximum atomic E-state index is 9.44. The molecule has 0 rings (SSSR count). The number of rotatable bonds is 3. The summed E-state index contributed by atoms with van der Waals surface area (Å²) in [5.41, 5.74) is -0.375. The van der Waals surface area contributed by atoms with Crippen LogP contribution in [0.3, 0.4) is 0 Å². The first-order chi connectivity index (χ1) is 5.10. The predicted octanol–water partition coefficient (Wildman–Crippen LogP) is 1.65. The first-order valence-electron chi connectivity index (χ1n) is 3.90. The van der Waals surface area contributed by atoms with Crippen molar-refractivity contribution in [1.82, 2.24) is 0 Å². The normalized spacial score (nSPS) is 9.82. The van der Waals surface area contributed by atoms with E-state index < -0.39 is 0 Å². The molecule has 0 fully saturated rings. The highest BCUT2D eigenvalue weighted by molar-refractivity contribution is 5.32. The van der Waals surface area contributed by atoms with E-state index in [-0.39, 0.29) is 12.1 Å². The molecule has 0 aromatic heterocycles. The molecule has 0 aromatic rings. The van der Waals surface area contributed by atoms with E-state index >= 15 is 0 Å². The molecule has 0 aromatic carbocycles. The smallest absolute Gasteiger partial charge is 0.290 e. The lowest BCUT2D eigenvalue weighted by Crippen LogP contribution is -2.24. The van der Waals surface area contributed by atoms with Gasteiger partial charge in [0.15, 0.2) is 0 Å². The van der Waals surface area contributed by atoms with Gasteiger partial charge < -0.3 is 10.2 Å². The molecule has 0 aliphatic carbocycles. The molecule has 0 spiro atoms. The van der Waals surface area contributed by atoms with Crippen LogP contribution in [0.25, 0.3) is 0 Å². The first-order valence-corrected chi connectivity index (χ1v) is 3.90. The van der Waals surface area contributed by atoms with Gasteiger partial charge >= 0.3 is 0 Å². The Morgan fingerprint density at radius 2 is 1.36 bits per heavy atom. The first kappa shape index (κ1) is 13.1. The summed E-state index contributed by atoms with van der Waals surface area (Å²) in [6.07, 6.45) is 2.62. The summed E-state index contributed by atoms with van der Waals surface area (Å²) in [5.74, 6) is 0. The molecule has 68 valence electrons. The van der Waals surface area contributed by atoms with Crippen molar-refractivity contribution >= 4 is 6.47 Å². The Morgan fingerprint density at radius 3 is 1.36 bits per heavy atom. The van der Waals surface area contributed by atoms with Crippen LogP contribution in [-0.4, -0.2) is 22.3 Å². The Bertz CT molecular complexity index is 79.1. The Morgan fingerprint density at radius 1 is 1.18 bits per heavy atom. The van der Waals surface area contributed by atoms with Crippen LogP contribution in [0, 0.1) is 0 Å². The second-order valence-corrected chi connectivity index (χ2v) is 2.39. The molecular formula is C8H18O3. The maximum Gasteiger partial charge on any atom is 0.290 e. The maximum absolute atomic E-state index is 9.44. The Kier molecular flexibility index (Phi) is 8.94. The molecule has 3 heteroatoms. The quantitative estimate of drug-likeness (QED) is 0.620. The second-order valence-electron chi connectivity index (χ2n) is 2.39. The zero-order valence-corrected chi connectivity index (χ0v) is 7.50. The van der Waals surface area contributed by atoms with Crippen LogP contribution in [0.5, 0.6) is 0 Å². The van der Waals surface area contributed by atoms with Crippen LogP contribution in [-0.2, 0) is 4.79 Å². The van der Waals surface area contributed by atoms with Crippen LogP contribution in [0.15, 0.2) is 0 Å². The fourth-order valence-electron chi connectivity index (χ4n) is 0.750. The average Bonchev–Trinajstić information content (AvgIpc) is 2.05. The average molecular weight is 162 g/mol. The summed E-state index contributed by atoms with van der Waals surface area (Å²) in [6, 6.07) is 0. The van der Waals surface area contributed by atoms with E-state index in [0.717, 1.165) is 19.3 Å². The van der Waals surface area contributed by atoms with Crippen molar-refractivity contribution in [2.45, 2.75) is 45.6 Å². The van der Waals surface area contributed by atoms with Gasteiger partial charge in [-0.1, -0.05) is 20.8 Å². The number of hydrogen-bond donors (Lipinski definition) is 2. The third kappa shape index (κ3) is 7.33. The number of carbonyl (C=O) groups is 1. The van der Waals surface area contributed by atoms with Gasteiger partial charge in [-0.05, 0) is 19.3 Å². The van der Waals surface area contributed by atoms with Crippen LogP contribution in [0.2, 0.25) is 0 Å². The van der Waals surface area contributed by atoms with Gasteiger partial charge in [0.2, 0.25) is 0 Å². The molecule has 0 amide bonds. The molecule has 2 N–H and O–H groups in total. The SMILES string of the molecule is CCC(O)(CC)CC.O=CO. The molecule has 0 heterocycles. The van der Waals surface area contributed by atoms with Crippen LogP contribution >= 0.6 is 0 Å². The third-order valence-corrected chi connectivity index (χ3v) is 1.97. The van der Waals surface area contributed by atoms with E-state index in [2.05, 4.69) is 0 Å². The minimum absolute atomic E-state index is 0.250.